The average molecular weight is 554 g/mol. The van der Waals surface area contributed by atoms with E-state index < -0.39 is 5.92 Å². The molecule has 1 aromatic carbocycles. The Hall–Kier alpha value is -2.38. The van der Waals surface area contributed by atoms with Gasteiger partial charge in [-0.25, -0.2) is 4.98 Å². The van der Waals surface area contributed by atoms with Crippen molar-refractivity contribution in [2.45, 2.75) is 96.9 Å². The summed E-state index contributed by atoms with van der Waals surface area (Å²) in [6.45, 7) is 6.93. The highest BCUT2D eigenvalue weighted by molar-refractivity contribution is 7.18. The number of allylic oxidation sites excluding steroid dienone is 1. The molecular weight excluding hydrogens is 506 g/mol. The number of Topliss-reactive ketones (excluding diaryl/α,β-unsaturated/α-hetero) is 1. The van der Waals surface area contributed by atoms with Gasteiger partial charge in [0.1, 0.15) is 5.78 Å². The molecule has 1 aliphatic carbocycles. The fraction of sp³-hybridized carbons (Fsp3) is 0.625. The number of thiazole rings is 1. The van der Waals surface area contributed by atoms with Crippen molar-refractivity contribution >= 4 is 39.0 Å². The van der Waals surface area contributed by atoms with E-state index in [9.17, 15) is 14.4 Å². The maximum Gasteiger partial charge on any atom is 0.224 e. The van der Waals surface area contributed by atoms with Crippen LogP contribution >= 0.6 is 11.3 Å². The van der Waals surface area contributed by atoms with Crippen LogP contribution in [0.25, 0.3) is 10.2 Å². The molecule has 7 heteroatoms. The second-order valence-corrected chi connectivity index (χ2v) is 12.8. The van der Waals surface area contributed by atoms with Gasteiger partial charge in [0.25, 0.3) is 0 Å². The van der Waals surface area contributed by atoms with E-state index in [4.69, 9.17) is 4.98 Å². The first-order valence-corrected chi connectivity index (χ1v) is 15.5. The van der Waals surface area contributed by atoms with E-state index in [1.807, 2.05) is 32.0 Å². The Kier molecular flexibility index (Phi) is 12.3. The van der Waals surface area contributed by atoms with Gasteiger partial charge in [0.2, 0.25) is 5.91 Å². The SMILES string of the molecule is CCC(=O)C[C@@H](Cc1nc2ccc(C(C)C)cc2s1)C(=O)N[C@H](CCC(=O)/C=C/CN(C)C)C1CCCCC1. The number of nitrogens with zero attached hydrogens (tertiary/aromatic N) is 2. The summed E-state index contributed by atoms with van der Waals surface area (Å²) in [5.74, 6) is 0.469. The zero-order chi connectivity index (χ0) is 28.4. The number of carbonyl (C=O) groups is 3. The van der Waals surface area contributed by atoms with E-state index in [-0.39, 0.29) is 29.9 Å². The van der Waals surface area contributed by atoms with Crippen LogP contribution in [-0.2, 0) is 20.8 Å². The van der Waals surface area contributed by atoms with Gasteiger partial charge in [-0.3, -0.25) is 14.4 Å². The third kappa shape index (κ3) is 9.95. The second kappa shape index (κ2) is 15.4. The Morgan fingerprint density at radius 3 is 2.56 bits per heavy atom. The van der Waals surface area contributed by atoms with E-state index in [2.05, 4.69) is 37.4 Å². The van der Waals surface area contributed by atoms with Gasteiger partial charge in [0.05, 0.1) is 21.1 Å². The number of benzene rings is 1. The summed E-state index contributed by atoms with van der Waals surface area (Å²) in [4.78, 5) is 45.6. The molecule has 0 radical (unpaired) electrons. The third-order valence-corrected chi connectivity index (χ3v) is 8.85. The van der Waals surface area contributed by atoms with Crippen LogP contribution in [0.2, 0.25) is 0 Å². The molecule has 1 heterocycles. The number of hydrogen-bond acceptors (Lipinski definition) is 6. The molecule has 1 saturated carbocycles. The third-order valence-electron chi connectivity index (χ3n) is 7.81. The molecule has 3 rings (SSSR count). The number of ketones is 2. The van der Waals surface area contributed by atoms with Crippen molar-refractivity contribution in [3.63, 3.8) is 0 Å². The van der Waals surface area contributed by atoms with E-state index >= 15 is 0 Å². The number of nitrogens with one attached hydrogen (secondary N) is 1. The Balaban J connectivity index is 1.74. The first kappa shape index (κ1) is 31.2. The van der Waals surface area contributed by atoms with Crippen LogP contribution in [0.5, 0.6) is 0 Å². The summed E-state index contributed by atoms with van der Waals surface area (Å²) in [6, 6.07) is 6.32. The summed E-state index contributed by atoms with van der Waals surface area (Å²) in [7, 11) is 3.95. The number of rotatable bonds is 15. The normalized spacial score (nSPS) is 16.3. The highest BCUT2D eigenvalue weighted by atomic mass is 32.1. The predicted octanol–water partition coefficient (Wildman–Crippen LogP) is 6.48. The molecule has 1 N–H and O–H groups in total. The molecule has 0 unspecified atom stereocenters. The van der Waals surface area contributed by atoms with Gasteiger partial charge in [-0.1, -0.05) is 52.2 Å². The highest BCUT2D eigenvalue weighted by Crippen LogP contribution is 2.31. The average Bonchev–Trinajstić information content (AvgIpc) is 3.32. The van der Waals surface area contributed by atoms with Gasteiger partial charge >= 0.3 is 0 Å². The van der Waals surface area contributed by atoms with E-state index in [1.165, 1.54) is 12.0 Å². The molecule has 214 valence electrons. The summed E-state index contributed by atoms with van der Waals surface area (Å²) in [6.07, 6.45) is 11.4. The highest BCUT2D eigenvalue weighted by Gasteiger charge is 2.30. The van der Waals surface area contributed by atoms with Crippen LogP contribution in [0, 0.1) is 11.8 Å². The van der Waals surface area contributed by atoms with Gasteiger partial charge in [-0.05, 0) is 69.0 Å². The lowest BCUT2D eigenvalue weighted by Crippen LogP contribution is -2.45. The van der Waals surface area contributed by atoms with E-state index in [0.717, 1.165) is 47.5 Å². The van der Waals surface area contributed by atoms with Gasteiger partial charge < -0.3 is 10.2 Å². The van der Waals surface area contributed by atoms with Crippen molar-refractivity contribution in [2.24, 2.45) is 11.8 Å². The van der Waals surface area contributed by atoms with Crippen molar-refractivity contribution in [3.8, 4) is 0 Å². The van der Waals surface area contributed by atoms with Crippen LogP contribution in [0.1, 0.15) is 95.0 Å². The van der Waals surface area contributed by atoms with Crippen molar-refractivity contribution in [1.82, 2.24) is 15.2 Å². The number of fused-ring (bicyclic) bond motifs is 1. The predicted molar refractivity (Wildman–Crippen MR) is 161 cm³/mol. The smallest absolute Gasteiger partial charge is 0.224 e. The minimum Gasteiger partial charge on any atom is -0.353 e. The maximum absolute atomic E-state index is 13.7. The van der Waals surface area contributed by atoms with Crippen molar-refractivity contribution in [1.29, 1.82) is 0 Å². The molecular formula is C32H47N3O3S. The molecule has 1 aliphatic rings. The summed E-state index contributed by atoms with van der Waals surface area (Å²) >= 11 is 1.62. The first-order valence-electron chi connectivity index (χ1n) is 14.7. The standard InChI is InChI=1S/C32H47N3O3S/c1-6-26(36)19-25(21-31-33-29-16-14-24(22(2)3)20-30(29)39-31)32(38)34-28(23-11-8-7-9-12-23)17-15-27(37)13-10-18-35(4)5/h10,13-14,16,20,22-23,25,28H,6-9,11-12,15,17-19,21H2,1-5H3,(H,34,38)/b13-10+/t25-,28+/m0/s1. The molecule has 0 aliphatic heterocycles. The Bertz CT molecular complexity index is 1130. The van der Waals surface area contributed by atoms with Gasteiger partial charge in [-0.15, -0.1) is 11.3 Å². The lowest BCUT2D eigenvalue weighted by molar-refractivity contribution is -0.130. The molecule has 0 spiro atoms. The number of carbonyl (C=O) groups excluding carboxylic acids is 3. The van der Waals surface area contributed by atoms with Crippen molar-refractivity contribution in [3.05, 3.63) is 40.9 Å². The van der Waals surface area contributed by atoms with E-state index in [0.29, 0.717) is 37.5 Å². The van der Waals surface area contributed by atoms with Crippen LogP contribution in [-0.4, -0.2) is 54.0 Å². The molecule has 1 amide bonds. The molecule has 2 aromatic rings. The summed E-state index contributed by atoms with van der Waals surface area (Å²) in [5.41, 5.74) is 2.22. The minimum atomic E-state index is -0.454. The van der Waals surface area contributed by atoms with Gasteiger partial charge in [0.15, 0.2) is 5.78 Å². The van der Waals surface area contributed by atoms with E-state index in [1.54, 1.807) is 17.4 Å². The zero-order valence-corrected chi connectivity index (χ0v) is 25.3. The van der Waals surface area contributed by atoms with Crippen molar-refractivity contribution < 1.29 is 14.4 Å². The fourth-order valence-corrected chi connectivity index (χ4v) is 6.46. The Morgan fingerprint density at radius 1 is 1.15 bits per heavy atom. The molecule has 1 aromatic heterocycles. The molecule has 6 nitrogen and oxygen atoms in total. The van der Waals surface area contributed by atoms with Crippen LogP contribution in [0.4, 0.5) is 0 Å². The Morgan fingerprint density at radius 2 is 1.90 bits per heavy atom. The maximum atomic E-state index is 13.7. The minimum absolute atomic E-state index is 0.0489. The molecule has 1 fully saturated rings. The molecule has 0 saturated heterocycles. The lowest BCUT2D eigenvalue weighted by Gasteiger charge is -2.32. The fourth-order valence-electron chi connectivity index (χ4n) is 5.36. The molecule has 2 atom stereocenters. The number of amides is 1. The summed E-state index contributed by atoms with van der Waals surface area (Å²) in [5, 5.41) is 4.22. The molecule has 0 bridgehead atoms. The first-order chi connectivity index (χ1) is 18.7. The number of aromatic nitrogens is 1. The van der Waals surface area contributed by atoms with Gasteiger partial charge in [0, 0.05) is 38.3 Å². The van der Waals surface area contributed by atoms with Crippen LogP contribution < -0.4 is 5.32 Å². The lowest BCUT2D eigenvalue weighted by atomic mass is 9.81. The second-order valence-electron chi connectivity index (χ2n) is 11.7. The van der Waals surface area contributed by atoms with Crippen LogP contribution in [0.15, 0.2) is 30.4 Å². The monoisotopic (exact) mass is 553 g/mol. The quantitative estimate of drug-likeness (QED) is 0.255. The number of hydrogen-bond donors (Lipinski definition) is 1. The zero-order valence-electron chi connectivity index (χ0n) is 24.5. The Labute approximate surface area is 238 Å². The summed E-state index contributed by atoms with van der Waals surface area (Å²) < 4.78 is 1.12. The topological polar surface area (TPSA) is 79.4 Å². The largest absolute Gasteiger partial charge is 0.353 e. The number of likely N-dealkylation sites (N-methyl/N-ethyl adjacent to an activating group) is 1. The molecule has 39 heavy (non-hydrogen) atoms. The van der Waals surface area contributed by atoms with Crippen molar-refractivity contribution in [2.75, 3.05) is 20.6 Å². The van der Waals surface area contributed by atoms with Crippen LogP contribution in [0.3, 0.4) is 0 Å². The van der Waals surface area contributed by atoms with Gasteiger partial charge in [-0.2, -0.15) is 0 Å².